The van der Waals surface area contributed by atoms with Gasteiger partial charge >= 0.3 is 0 Å². The van der Waals surface area contributed by atoms with Gasteiger partial charge in [0, 0.05) is 31.6 Å². The van der Waals surface area contributed by atoms with Crippen molar-refractivity contribution in [1.82, 2.24) is 10.2 Å². The SMILES string of the molecule is COc1ccc(CCC(=O)N2CC(C)NC(C)C2)cc1F. The van der Waals surface area contributed by atoms with Gasteiger partial charge in [-0.05, 0) is 38.0 Å². The molecule has 0 saturated carbocycles. The molecular formula is C16H23FN2O2. The van der Waals surface area contributed by atoms with Crippen LogP contribution in [-0.2, 0) is 11.2 Å². The predicted octanol–water partition coefficient (Wildman–Crippen LogP) is 1.98. The number of piperazine rings is 1. The van der Waals surface area contributed by atoms with Gasteiger partial charge in [-0.3, -0.25) is 4.79 Å². The van der Waals surface area contributed by atoms with Crippen LogP contribution in [0.2, 0.25) is 0 Å². The van der Waals surface area contributed by atoms with Crippen LogP contribution in [-0.4, -0.2) is 43.1 Å². The number of aryl methyl sites for hydroxylation is 1. The summed E-state index contributed by atoms with van der Waals surface area (Å²) in [5.74, 6) is -0.0203. The van der Waals surface area contributed by atoms with E-state index in [1.54, 1.807) is 12.1 Å². The third kappa shape index (κ3) is 4.17. The van der Waals surface area contributed by atoms with E-state index in [1.165, 1.54) is 13.2 Å². The Kier molecular flexibility index (Phi) is 5.17. The minimum Gasteiger partial charge on any atom is -0.494 e. The summed E-state index contributed by atoms with van der Waals surface area (Å²) in [5.41, 5.74) is 0.817. The quantitative estimate of drug-likeness (QED) is 0.923. The minimum atomic E-state index is -0.383. The van der Waals surface area contributed by atoms with Crippen LogP contribution in [0, 0.1) is 5.82 Å². The largest absolute Gasteiger partial charge is 0.494 e. The van der Waals surface area contributed by atoms with Crippen molar-refractivity contribution in [2.24, 2.45) is 0 Å². The second kappa shape index (κ2) is 6.89. The fraction of sp³-hybridized carbons (Fsp3) is 0.562. The number of amides is 1. The zero-order valence-corrected chi connectivity index (χ0v) is 12.9. The zero-order valence-electron chi connectivity index (χ0n) is 12.9. The number of carbonyl (C=O) groups excluding carboxylic acids is 1. The highest BCUT2D eigenvalue weighted by atomic mass is 19.1. The summed E-state index contributed by atoms with van der Waals surface area (Å²) < 4.78 is 18.5. The summed E-state index contributed by atoms with van der Waals surface area (Å²) in [6, 6.07) is 5.48. The van der Waals surface area contributed by atoms with Crippen molar-refractivity contribution in [3.05, 3.63) is 29.6 Å². The smallest absolute Gasteiger partial charge is 0.223 e. The molecule has 4 nitrogen and oxygen atoms in total. The number of halogens is 1. The molecule has 1 heterocycles. The molecule has 1 aromatic carbocycles. The van der Waals surface area contributed by atoms with Gasteiger partial charge in [-0.25, -0.2) is 4.39 Å². The van der Waals surface area contributed by atoms with Crippen LogP contribution in [0.5, 0.6) is 5.75 Å². The van der Waals surface area contributed by atoms with Crippen molar-refractivity contribution < 1.29 is 13.9 Å². The van der Waals surface area contributed by atoms with Gasteiger partial charge in [0.15, 0.2) is 11.6 Å². The van der Waals surface area contributed by atoms with Crippen LogP contribution in [0.25, 0.3) is 0 Å². The number of rotatable bonds is 4. The molecule has 1 aliphatic heterocycles. The number of nitrogens with zero attached hydrogens (tertiary/aromatic N) is 1. The lowest BCUT2D eigenvalue weighted by Gasteiger charge is -2.36. The summed E-state index contributed by atoms with van der Waals surface area (Å²) in [4.78, 5) is 14.1. The molecule has 0 radical (unpaired) electrons. The van der Waals surface area contributed by atoms with E-state index in [0.717, 1.165) is 18.7 Å². The Morgan fingerprint density at radius 3 is 2.62 bits per heavy atom. The van der Waals surface area contributed by atoms with E-state index in [4.69, 9.17) is 4.74 Å². The lowest BCUT2D eigenvalue weighted by atomic mass is 10.1. The number of benzene rings is 1. The third-order valence-corrected chi connectivity index (χ3v) is 3.75. The normalized spacial score (nSPS) is 22.2. The fourth-order valence-electron chi connectivity index (χ4n) is 2.81. The van der Waals surface area contributed by atoms with Gasteiger partial charge in [0.05, 0.1) is 7.11 Å². The van der Waals surface area contributed by atoms with Crippen LogP contribution in [0.1, 0.15) is 25.8 Å². The molecular weight excluding hydrogens is 271 g/mol. The van der Waals surface area contributed by atoms with Gasteiger partial charge in [-0.2, -0.15) is 0 Å². The number of hydrogen-bond donors (Lipinski definition) is 1. The van der Waals surface area contributed by atoms with Crippen molar-refractivity contribution in [3.63, 3.8) is 0 Å². The minimum absolute atomic E-state index is 0.131. The summed E-state index contributed by atoms with van der Waals surface area (Å²) in [6.45, 7) is 5.63. The van der Waals surface area contributed by atoms with Gasteiger partial charge in [-0.1, -0.05) is 6.07 Å². The molecule has 116 valence electrons. The van der Waals surface area contributed by atoms with E-state index >= 15 is 0 Å². The molecule has 0 aromatic heterocycles. The highest BCUT2D eigenvalue weighted by Gasteiger charge is 2.24. The molecule has 2 atom stereocenters. The van der Waals surface area contributed by atoms with Gasteiger partial charge in [0.1, 0.15) is 0 Å². The van der Waals surface area contributed by atoms with Crippen LogP contribution in [0.15, 0.2) is 18.2 Å². The molecule has 21 heavy (non-hydrogen) atoms. The van der Waals surface area contributed by atoms with Crippen molar-refractivity contribution >= 4 is 5.91 Å². The number of nitrogens with one attached hydrogen (secondary N) is 1. The highest BCUT2D eigenvalue weighted by molar-refractivity contribution is 5.76. The van der Waals surface area contributed by atoms with Gasteiger partial charge in [0.2, 0.25) is 5.91 Å². The molecule has 0 aliphatic carbocycles. The summed E-state index contributed by atoms with van der Waals surface area (Å²) in [6.07, 6.45) is 0.956. The van der Waals surface area contributed by atoms with E-state index in [1.807, 2.05) is 4.90 Å². The molecule has 1 aromatic rings. The average Bonchev–Trinajstić information content (AvgIpc) is 2.43. The van der Waals surface area contributed by atoms with E-state index in [2.05, 4.69) is 19.2 Å². The summed E-state index contributed by atoms with van der Waals surface area (Å²) in [5, 5.41) is 3.40. The number of ether oxygens (including phenoxy) is 1. The van der Waals surface area contributed by atoms with Crippen LogP contribution >= 0.6 is 0 Å². The van der Waals surface area contributed by atoms with E-state index in [9.17, 15) is 9.18 Å². The second-order valence-electron chi connectivity index (χ2n) is 5.74. The fourth-order valence-corrected chi connectivity index (χ4v) is 2.81. The van der Waals surface area contributed by atoms with Crippen LogP contribution in [0.3, 0.4) is 0 Å². The zero-order chi connectivity index (χ0) is 15.4. The van der Waals surface area contributed by atoms with Crippen LogP contribution in [0.4, 0.5) is 4.39 Å². The second-order valence-corrected chi connectivity index (χ2v) is 5.74. The molecule has 0 spiro atoms. The van der Waals surface area contributed by atoms with Crippen molar-refractivity contribution in [2.75, 3.05) is 20.2 Å². The van der Waals surface area contributed by atoms with Gasteiger partial charge in [0.25, 0.3) is 0 Å². The summed E-state index contributed by atoms with van der Waals surface area (Å²) in [7, 11) is 1.44. The van der Waals surface area contributed by atoms with Crippen molar-refractivity contribution in [2.45, 2.75) is 38.8 Å². The maximum absolute atomic E-state index is 13.6. The molecule has 1 fully saturated rings. The first-order chi connectivity index (χ1) is 9.99. The third-order valence-electron chi connectivity index (χ3n) is 3.75. The lowest BCUT2D eigenvalue weighted by Crippen LogP contribution is -2.55. The topological polar surface area (TPSA) is 41.6 Å². The Balaban J connectivity index is 1.90. The first-order valence-electron chi connectivity index (χ1n) is 7.36. The first-order valence-corrected chi connectivity index (χ1v) is 7.36. The number of methoxy groups -OCH3 is 1. The maximum Gasteiger partial charge on any atom is 0.223 e. The standard InChI is InChI=1S/C16H23FN2O2/c1-11-9-19(10-12(2)18-11)16(20)7-5-13-4-6-15(21-3)14(17)8-13/h4,6,8,11-12,18H,5,7,9-10H2,1-3H3. The Labute approximate surface area is 125 Å². The first kappa shape index (κ1) is 15.8. The molecule has 0 bridgehead atoms. The number of hydrogen-bond acceptors (Lipinski definition) is 3. The van der Waals surface area contributed by atoms with Gasteiger partial charge in [-0.15, -0.1) is 0 Å². The molecule has 2 unspecified atom stereocenters. The molecule has 1 N–H and O–H groups in total. The molecule has 1 aliphatic rings. The van der Waals surface area contributed by atoms with Crippen LogP contribution < -0.4 is 10.1 Å². The number of carbonyl (C=O) groups is 1. The Hall–Kier alpha value is -1.62. The average molecular weight is 294 g/mol. The Morgan fingerprint density at radius 2 is 2.05 bits per heavy atom. The van der Waals surface area contributed by atoms with Gasteiger partial charge < -0.3 is 15.0 Å². The molecule has 2 rings (SSSR count). The molecule has 5 heteroatoms. The molecule has 1 amide bonds. The lowest BCUT2D eigenvalue weighted by molar-refractivity contribution is -0.132. The highest BCUT2D eigenvalue weighted by Crippen LogP contribution is 2.19. The van der Waals surface area contributed by atoms with E-state index in [-0.39, 0.29) is 17.5 Å². The van der Waals surface area contributed by atoms with Crippen molar-refractivity contribution in [3.8, 4) is 5.75 Å². The monoisotopic (exact) mass is 294 g/mol. The predicted molar refractivity (Wildman–Crippen MR) is 79.9 cm³/mol. The maximum atomic E-state index is 13.6. The molecule has 1 saturated heterocycles. The van der Waals surface area contributed by atoms with E-state index < -0.39 is 0 Å². The van der Waals surface area contributed by atoms with E-state index in [0.29, 0.717) is 24.9 Å². The summed E-state index contributed by atoms with van der Waals surface area (Å²) >= 11 is 0. The van der Waals surface area contributed by atoms with Crippen molar-refractivity contribution in [1.29, 1.82) is 0 Å². The Bertz CT molecular complexity index is 497. The Morgan fingerprint density at radius 1 is 1.38 bits per heavy atom.